The summed E-state index contributed by atoms with van der Waals surface area (Å²) in [6.45, 7) is 7.73. The first kappa shape index (κ1) is 24.4. The molecule has 0 aliphatic carbocycles. The van der Waals surface area contributed by atoms with E-state index >= 15 is 0 Å². The Balaban J connectivity index is 1.30. The molecule has 0 bridgehead atoms. The number of benzene rings is 2. The average molecular weight is 483 g/mol. The van der Waals surface area contributed by atoms with E-state index in [1.807, 2.05) is 47.1 Å². The van der Waals surface area contributed by atoms with Gasteiger partial charge in [-0.1, -0.05) is 49.7 Å². The number of likely N-dealkylation sites (tertiary alicyclic amines) is 1. The van der Waals surface area contributed by atoms with Crippen LogP contribution in [0.5, 0.6) is 0 Å². The molecule has 2 heterocycles. The third-order valence-corrected chi connectivity index (χ3v) is 6.56. The molecule has 3 aromatic rings. The maximum Gasteiger partial charge on any atom is 0.271 e. The lowest BCUT2D eigenvalue weighted by Crippen LogP contribution is -2.31. The van der Waals surface area contributed by atoms with Gasteiger partial charge in [-0.2, -0.15) is 5.10 Å². The van der Waals surface area contributed by atoms with Crippen LogP contribution in [0.15, 0.2) is 54.6 Å². The number of halogens is 2. The van der Waals surface area contributed by atoms with Crippen molar-refractivity contribution in [3.63, 3.8) is 0 Å². The van der Waals surface area contributed by atoms with Crippen molar-refractivity contribution in [3.8, 4) is 5.69 Å². The molecule has 0 radical (unpaired) electrons. The molecule has 1 saturated heterocycles. The standard InChI is InChI=1S/C27H32ClFN4O/c1-19(2)14-23-16-26(31-33(23)22-6-4-3-5-7-22)27(34)30-17-21-11-13-32(18-21)12-10-20-8-9-24(28)25(29)15-20/h3-9,15-16,19,21H,10-14,17-18H2,1-2H3,(H,30,34)/t21-/m1/s1. The van der Waals surface area contributed by atoms with Gasteiger partial charge < -0.3 is 10.2 Å². The number of hydrogen-bond donors (Lipinski definition) is 1. The van der Waals surface area contributed by atoms with Crippen LogP contribution in [0, 0.1) is 17.7 Å². The van der Waals surface area contributed by atoms with Gasteiger partial charge in [0.2, 0.25) is 0 Å². The molecule has 0 saturated carbocycles. The number of para-hydroxylation sites is 1. The van der Waals surface area contributed by atoms with Crippen LogP contribution >= 0.6 is 11.6 Å². The number of amides is 1. The highest BCUT2D eigenvalue weighted by Gasteiger charge is 2.24. The van der Waals surface area contributed by atoms with Crippen LogP contribution in [-0.2, 0) is 12.8 Å². The highest BCUT2D eigenvalue weighted by Crippen LogP contribution is 2.20. The normalized spacial score (nSPS) is 16.3. The van der Waals surface area contributed by atoms with Crippen molar-refractivity contribution in [3.05, 3.63) is 82.4 Å². The molecule has 1 amide bonds. The number of rotatable bonds is 9. The van der Waals surface area contributed by atoms with Gasteiger partial charge in [0, 0.05) is 25.3 Å². The third-order valence-electron chi connectivity index (χ3n) is 6.26. The van der Waals surface area contributed by atoms with Gasteiger partial charge in [-0.25, -0.2) is 9.07 Å². The number of nitrogens with one attached hydrogen (secondary N) is 1. The average Bonchev–Trinajstić information content (AvgIpc) is 3.45. The fourth-order valence-corrected chi connectivity index (χ4v) is 4.60. The van der Waals surface area contributed by atoms with E-state index in [1.165, 1.54) is 6.07 Å². The minimum absolute atomic E-state index is 0.130. The fourth-order valence-electron chi connectivity index (χ4n) is 4.48. The van der Waals surface area contributed by atoms with E-state index in [-0.39, 0.29) is 16.7 Å². The Labute approximate surface area is 205 Å². The largest absolute Gasteiger partial charge is 0.350 e. The van der Waals surface area contributed by atoms with Crippen molar-refractivity contribution in [1.29, 1.82) is 0 Å². The van der Waals surface area contributed by atoms with Crippen molar-refractivity contribution in [2.24, 2.45) is 11.8 Å². The molecule has 5 nitrogen and oxygen atoms in total. The molecule has 1 fully saturated rings. The molecule has 0 unspecified atom stereocenters. The van der Waals surface area contributed by atoms with Crippen LogP contribution < -0.4 is 5.32 Å². The van der Waals surface area contributed by atoms with Gasteiger partial charge in [0.1, 0.15) is 5.82 Å². The Kier molecular flexibility index (Phi) is 8.01. The van der Waals surface area contributed by atoms with Gasteiger partial charge in [-0.05, 0) is 73.5 Å². The van der Waals surface area contributed by atoms with Gasteiger partial charge in [0.15, 0.2) is 5.69 Å². The fraction of sp³-hybridized carbons (Fsp3) is 0.407. The second-order valence-electron chi connectivity index (χ2n) is 9.53. The highest BCUT2D eigenvalue weighted by molar-refractivity contribution is 6.30. The summed E-state index contributed by atoms with van der Waals surface area (Å²) in [4.78, 5) is 15.3. The summed E-state index contributed by atoms with van der Waals surface area (Å²) in [5, 5.41) is 7.87. The minimum Gasteiger partial charge on any atom is -0.350 e. The van der Waals surface area contributed by atoms with Gasteiger partial charge in [0.05, 0.1) is 10.7 Å². The van der Waals surface area contributed by atoms with Crippen LogP contribution in [0.1, 0.15) is 42.0 Å². The van der Waals surface area contributed by atoms with Crippen LogP contribution in [0.3, 0.4) is 0 Å². The van der Waals surface area contributed by atoms with E-state index in [0.29, 0.717) is 24.1 Å². The number of carbonyl (C=O) groups is 1. The van der Waals surface area contributed by atoms with Crippen LogP contribution in [0.2, 0.25) is 5.02 Å². The van der Waals surface area contributed by atoms with Crippen molar-refractivity contribution in [2.45, 2.75) is 33.1 Å². The topological polar surface area (TPSA) is 50.2 Å². The molecule has 7 heteroatoms. The first-order valence-electron chi connectivity index (χ1n) is 12.0. The molecule has 1 aliphatic heterocycles. The lowest BCUT2D eigenvalue weighted by atomic mass is 10.1. The zero-order chi connectivity index (χ0) is 24.1. The summed E-state index contributed by atoms with van der Waals surface area (Å²) in [7, 11) is 0. The van der Waals surface area contributed by atoms with Gasteiger partial charge >= 0.3 is 0 Å². The molecule has 2 aromatic carbocycles. The van der Waals surface area contributed by atoms with Crippen LogP contribution in [0.25, 0.3) is 5.69 Å². The predicted octanol–water partition coefficient (Wildman–Crippen LogP) is 5.16. The first-order valence-corrected chi connectivity index (χ1v) is 12.4. The summed E-state index contributed by atoms with van der Waals surface area (Å²) in [5.41, 5.74) is 3.41. The number of hydrogen-bond acceptors (Lipinski definition) is 3. The highest BCUT2D eigenvalue weighted by atomic mass is 35.5. The molecule has 1 atom stereocenters. The van der Waals surface area contributed by atoms with Crippen molar-refractivity contribution in [2.75, 3.05) is 26.2 Å². The summed E-state index contributed by atoms with van der Waals surface area (Å²) < 4.78 is 15.5. The maximum atomic E-state index is 13.7. The maximum absolute atomic E-state index is 13.7. The number of nitrogens with zero attached hydrogens (tertiary/aromatic N) is 3. The molecule has 1 aliphatic rings. The second-order valence-corrected chi connectivity index (χ2v) is 9.94. The lowest BCUT2D eigenvalue weighted by molar-refractivity contribution is 0.0942. The molecule has 1 aromatic heterocycles. The molecule has 34 heavy (non-hydrogen) atoms. The van der Waals surface area contributed by atoms with E-state index < -0.39 is 0 Å². The molecular formula is C27H32ClFN4O. The van der Waals surface area contributed by atoms with E-state index in [0.717, 1.165) is 55.8 Å². The number of carbonyl (C=O) groups excluding carboxylic acids is 1. The SMILES string of the molecule is CC(C)Cc1cc(C(=O)NC[C@H]2CCN(CCc3ccc(Cl)c(F)c3)C2)nn1-c1ccccc1. The van der Waals surface area contributed by atoms with Crippen LogP contribution in [0.4, 0.5) is 4.39 Å². The monoisotopic (exact) mass is 482 g/mol. The molecule has 1 N–H and O–H groups in total. The summed E-state index contributed by atoms with van der Waals surface area (Å²) in [6.07, 6.45) is 2.67. The van der Waals surface area contributed by atoms with E-state index in [2.05, 4.69) is 29.2 Å². The van der Waals surface area contributed by atoms with E-state index in [1.54, 1.807) is 6.07 Å². The Bertz CT molecular complexity index is 1120. The second kappa shape index (κ2) is 11.2. The smallest absolute Gasteiger partial charge is 0.271 e. The Hall–Kier alpha value is -2.70. The Morgan fingerprint density at radius 2 is 2.00 bits per heavy atom. The molecule has 0 spiro atoms. The quantitative estimate of drug-likeness (QED) is 0.458. The van der Waals surface area contributed by atoms with Crippen molar-refractivity contribution in [1.82, 2.24) is 20.0 Å². The zero-order valence-electron chi connectivity index (χ0n) is 19.8. The van der Waals surface area contributed by atoms with Crippen LogP contribution in [-0.4, -0.2) is 46.8 Å². The Morgan fingerprint density at radius 3 is 2.74 bits per heavy atom. The lowest BCUT2D eigenvalue weighted by Gasteiger charge is -2.16. The first-order chi connectivity index (χ1) is 16.4. The van der Waals surface area contributed by atoms with Gasteiger partial charge in [-0.15, -0.1) is 0 Å². The van der Waals surface area contributed by atoms with Crippen molar-refractivity contribution < 1.29 is 9.18 Å². The third kappa shape index (κ3) is 6.24. The zero-order valence-corrected chi connectivity index (χ0v) is 20.6. The van der Waals surface area contributed by atoms with E-state index in [9.17, 15) is 9.18 Å². The summed E-state index contributed by atoms with van der Waals surface area (Å²) in [5.74, 6) is 0.364. The predicted molar refractivity (Wildman–Crippen MR) is 134 cm³/mol. The molecule has 4 rings (SSSR count). The van der Waals surface area contributed by atoms with Gasteiger partial charge in [0.25, 0.3) is 5.91 Å². The number of aromatic nitrogens is 2. The summed E-state index contributed by atoms with van der Waals surface area (Å²) >= 11 is 5.77. The van der Waals surface area contributed by atoms with Gasteiger partial charge in [-0.3, -0.25) is 4.79 Å². The summed E-state index contributed by atoms with van der Waals surface area (Å²) in [6, 6.07) is 16.8. The van der Waals surface area contributed by atoms with E-state index in [4.69, 9.17) is 11.6 Å². The molecular weight excluding hydrogens is 451 g/mol. The Morgan fingerprint density at radius 1 is 1.21 bits per heavy atom. The minimum atomic E-state index is -0.368. The molecule has 180 valence electrons. The van der Waals surface area contributed by atoms with Crippen molar-refractivity contribution >= 4 is 17.5 Å².